The van der Waals surface area contributed by atoms with Crippen molar-refractivity contribution in [2.75, 3.05) is 26.0 Å². The highest BCUT2D eigenvalue weighted by atomic mass is 32.2. The number of nitrogens with one attached hydrogen (secondary N) is 1. The van der Waals surface area contributed by atoms with Gasteiger partial charge >= 0.3 is 0 Å². The van der Waals surface area contributed by atoms with Gasteiger partial charge < -0.3 is 14.8 Å². The lowest BCUT2D eigenvalue weighted by Crippen LogP contribution is -2.28. The summed E-state index contributed by atoms with van der Waals surface area (Å²) in [6.07, 6.45) is 0. The molecule has 2 aromatic carbocycles. The molecule has 0 radical (unpaired) electrons. The Hall–Kier alpha value is -2.54. The molecule has 0 spiro atoms. The van der Waals surface area contributed by atoms with Crippen molar-refractivity contribution in [2.45, 2.75) is 11.8 Å². The molecule has 0 atom stereocenters. The van der Waals surface area contributed by atoms with E-state index >= 15 is 0 Å². The van der Waals surface area contributed by atoms with Crippen LogP contribution in [0.4, 0.5) is 0 Å². The van der Waals surface area contributed by atoms with Crippen molar-refractivity contribution >= 4 is 15.7 Å². The highest BCUT2D eigenvalue weighted by molar-refractivity contribution is 7.91. The van der Waals surface area contributed by atoms with Gasteiger partial charge in [0.05, 0.1) is 24.3 Å². The third-order valence-corrected chi connectivity index (χ3v) is 5.30. The van der Waals surface area contributed by atoms with Crippen molar-refractivity contribution in [1.82, 2.24) is 5.32 Å². The van der Waals surface area contributed by atoms with E-state index in [4.69, 9.17) is 9.47 Å². The zero-order valence-electron chi connectivity index (χ0n) is 14.2. The summed E-state index contributed by atoms with van der Waals surface area (Å²) >= 11 is 0. The van der Waals surface area contributed by atoms with Crippen LogP contribution in [0.15, 0.2) is 53.4 Å². The van der Waals surface area contributed by atoms with Crippen LogP contribution in [0.2, 0.25) is 0 Å². The summed E-state index contributed by atoms with van der Waals surface area (Å²) < 4.78 is 34.1. The number of sulfone groups is 1. The number of hydrogen-bond acceptors (Lipinski definition) is 5. The normalized spacial score (nSPS) is 11.0. The molecule has 0 aliphatic rings. The van der Waals surface area contributed by atoms with E-state index in [1.54, 1.807) is 26.2 Å². The first-order valence-electron chi connectivity index (χ1n) is 7.84. The average Bonchev–Trinajstić information content (AvgIpc) is 2.65. The van der Waals surface area contributed by atoms with Crippen molar-refractivity contribution in [2.24, 2.45) is 0 Å². The van der Waals surface area contributed by atoms with Gasteiger partial charge in [0, 0.05) is 11.6 Å². The summed E-state index contributed by atoms with van der Waals surface area (Å²) in [6, 6.07) is 13.1. The second-order valence-electron chi connectivity index (χ2n) is 5.21. The molecule has 7 heteroatoms. The molecule has 2 rings (SSSR count). The maximum Gasteiger partial charge on any atom is 0.251 e. The molecular weight excluding hydrogens is 342 g/mol. The van der Waals surface area contributed by atoms with Gasteiger partial charge in [-0.05, 0) is 36.4 Å². The topological polar surface area (TPSA) is 81.7 Å². The Morgan fingerprint density at radius 2 is 1.76 bits per heavy atom. The molecule has 1 N–H and O–H groups in total. The molecule has 0 saturated carbocycles. The Morgan fingerprint density at radius 1 is 1.08 bits per heavy atom. The predicted octanol–water partition coefficient (Wildman–Crippen LogP) is 2.30. The van der Waals surface area contributed by atoms with Crippen LogP contribution in [0.1, 0.15) is 17.3 Å². The second-order valence-corrected chi connectivity index (χ2v) is 7.49. The van der Waals surface area contributed by atoms with Gasteiger partial charge in [0.1, 0.15) is 18.1 Å². The van der Waals surface area contributed by atoms with E-state index in [0.29, 0.717) is 30.2 Å². The van der Waals surface area contributed by atoms with E-state index in [1.165, 1.54) is 24.3 Å². The molecule has 0 heterocycles. The van der Waals surface area contributed by atoms with Crippen molar-refractivity contribution in [3.63, 3.8) is 0 Å². The predicted molar refractivity (Wildman–Crippen MR) is 95.0 cm³/mol. The summed E-state index contributed by atoms with van der Waals surface area (Å²) in [5, 5.41) is 2.73. The fourth-order valence-electron chi connectivity index (χ4n) is 2.11. The standard InChI is InChI=1S/C18H21NO5S/c1-3-25(21,22)17-9-7-14(8-10-17)18(20)19-11-12-24-16-6-4-5-15(13-16)23-2/h4-10,13H,3,11-12H2,1-2H3,(H,19,20). The number of hydrogen-bond donors (Lipinski definition) is 1. The van der Waals surface area contributed by atoms with Crippen molar-refractivity contribution in [1.29, 1.82) is 0 Å². The van der Waals surface area contributed by atoms with Gasteiger partial charge in [-0.2, -0.15) is 0 Å². The number of benzene rings is 2. The first-order valence-corrected chi connectivity index (χ1v) is 9.49. The number of carbonyl (C=O) groups excluding carboxylic acids is 1. The Kier molecular flexibility index (Phi) is 6.41. The lowest BCUT2D eigenvalue weighted by molar-refractivity contribution is 0.0947. The summed E-state index contributed by atoms with van der Waals surface area (Å²) in [4.78, 5) is 12.3. The van der Waals surface area contributed by atoms with Gasteiger partial charge in [-0.1, -0.05) is 13.0 Å². The molecule has 1 amide bonds. The highest BCUT2D eigenvalue weighted by Crippen LogP contribution is 2.18. The van der Waals surface area contributed by atoms with Gasteiger partial charge in [-0.15, -0.1) is 0 Å². The van der Waals surface area contributed by atoms with Crippen LogP contribution in [-0.4, -0.2) is 40.3 Å². The molecular formula is C18H21NO5S. The van der Waals surface area contributed by atoms with Crippen LogP contribution >= 0.6 is 0 Å². The second kappa shape index (κ2) is 8.53. The van der Waals surface area contributed by atoms with E-state index in [0.717, 1.165) is 0 Å². The first-order chi connectivity index (χ1) is 12.0. The van der Waals surface area contributed by atoms with Crippen LogP contribution in [-0.2, 0) is 9.84 Å². The quantitative estimate of drug-likeness (QED) is 0.728. The fourth-order valence-corrected chi connectivity index (χ4v) is 2.99. The summed E-state index contributed by atoms with van der Waals surface area (Å²) in [7, 11) is -1.68. The van der Waals surface area contributed by atoms with Gasteiger partial charge in [-0.3, -0.25) is 4.79 Å². The number of carbonyl (C=O) groups is 1. The largest absolute Gasteiger partial charge is 0.497 e. The minimum Gasteiger partial charge on any atom is -0.497 e. The van der Waals surface area contributed by atoms with Gasteiger partial charge in [0.15, 0.2) is 9.84 Å². The Labute approximate surface area is 147 Å². The van der Waals surface area contributed by atoms with Crippen LogP contribution in [0.25, 0.3) is 0 Å². The fraction of sp³-hybridized carbons (Fsp3) is 0.278. The Bertz CT molecular complexity index is 816. The van der Waals surface area contributed by atoms with Crippen molar-refractivity contribution in [3.8, 4) is 11.5 Å². The third-order valence-electron chi connectivity index (χ3n) is 3.55. The summed E-state index contributed by atoms with van der Waals surface area (Å²) in [5.74, 6) is 1.10. The Balaban J connectivity index is 1.84. The molecule has 0 aromatic heterocycles. The zero-order valence-corrected chi connectivity index (χ0v) is 15.0. The molecule has 2 aromatic rings. The number of rotatable bonds is 8. The number of ether oxygens (including phenoxy) is 2. The van der Waals surface area contributed by atoms with E-state index in [1.807, 2.05) is 12.1 Å². The highest BCUT2D eigenvalue weighted by Gasteiger charge is 2.12. The molecule has 0 bridgehead atoms. The smallest absolute Gasteiger partial charge is 0.251 e. The monoisotopic (exact) mass is 363 g/mol. The molecule has 0 aliphatic heterocycles. The van der Waals surface area contributed by atoms with Gasteiger partial charge in [0.25, 0.3) is 5.91 Å². The van der Waals surface area contributed by atoms with E-state index < -0.39 is 9.84 Å². The van der Waals surface area contributed by atoms with Gasteiger partial charge in [-0.25, -0.2) is 8.42 Å². The average molecular weight is 363 g/mol. The molecule has 0 aliphatic carbocycles. The lowest BCUT2D eigenvalue weighted by atomic mass is 10.2. The van der Waals surface area contributed by atoms with Crippen LogP contribution < -0.4 is 14.8 Å². The van der Waals surface area contributed by atoms with E-state index in [9.17, 15) is 13.2 Å². The molecule has 25 heavy (non-hydrogen) atoms. The van der Waals surface area contributed by atoms with Crippen molar-refractivity contribution < 1.29 is 22.7 Å². The minimum absolute atomic E-state index is 0.0279. The third kappa shape index (κ3) is 5.22. The van der Waals surface area contributed by atoms with Crippen molar-refractivity contribution in [3.05, 3.63) is 54.1 Å². The minimum atomic E-state index is -3.26. The molecule has 0 unspecified atom stereocenters. The van der Waals surface area contributed by atoms with E-state index in [-0.39, 0.29) is 16.6 Å². The van der Waals surface area contributed by atoms with Crippen LogP contribution in [0.3, 0.4) is 0 Å². The number of amides is 1. The maximum absolute atomic E-state index is 12.1. The van der Waals surface area contributed by atoms with Crippen LogP contribution in [0.5, 0.6) is 11.5 Å². The summed E-state index contributed by atoms with van der Waals surface area (Å²) in [6.45, 7) is 2.21. The number of methoxy groups -OCH3 is 1. The summed E-state index contributed by atoms with van der Waals surface area (Å²) in [5.41, 5.74) is 0.399. The molecule has 0 saturated heterocycles. The Morgan fingerprint density at radius 3 is 2.40 bits per heavy atom. The van der Waals surface area contributed by atoms with E-state index in [2.05, 4.69) is 5.32 Å². The van der Waals surface area contributed by atoms with Crippen LogP contribution in [0, 0.1) is 0 Å². The maximum atomic E-state index is 12.1. The SMILES string of the molecule is CCS(=O)(=O)c1ccc(C(=O)NCCOc2cccc(OC)c2)cc1. The van der Waals surface area contributed by atoms with Gasteiger partial charge in [0.2, 0.25) is 0 Å². The lowest BCUT2D eigenvalue weighted by Gasteiger charge is -2.09. The first kappa shape index (κ1) is 18.8. The molecule has 6 nitrogen and oxygen atoms in total. The zero-order chi connectivity index (χ0) is 18.3. The molecule has 0 fully saturated rings. The molecule has 134 valence electrons.